The molecule has 0 bridgehead atoms. The summed E-state index contributed by atoms with van der Waals surface area (Å²) in [5.74, 6) is 3.52. The van der Waals surface area contributed by atoms with E-state index in [1.807, 2.05) is 36.4 Å². The van der Waals surface area contributed by atoms with E-state index in [1.54, 1.807) is 32.9 Å². The lowest BCUT2D eigenvalue weighted by atomic mass is 9.99. The largest absolute Gasteiger partial charge is 0.459 e. The summed E-state index contributed by atoms with van der Waals surface area (Å²) in [6.07, 6.45) is -3.99. The van der Waals surface area contributed by atoms with Crippen LogP contribution in [0.1, 0.15) is 52.0 Å². The van der Waals surface area contributed by atoms with Gasteiger partial charge < -0.3 is 9.47 Å². The standard InChI is InChI=1S/C27H33F3O4S/c1-25(2,3)34-24(31)26(16-18-33-19-17-26)35(4,32)23-13-11-22(12-14-23)21-9-7-20(8-10-21)6-5-15-27(28,29)30/h7-14H,4-6,15-19H2,1-3H3. The van der Waals surface area contributed by atoms with Crippen LogP contribution in [0.4, 0.5) is 13.2 Å². The first-order valence-corrected chi connectivity index (χ1v) is 13.4. The zero-order chi connectivity index (χ0) is 25.9. The number of rotatable bonds is 7. The molecule has 1 unspecified atom stereocenters. The molecule has 0 radical (unpaired) electrons. The molecular formula is C27H33F3O4S. The number of halogens is 3. The fourth-order valence-corrected chi connectivity index (χ4v) is 6.35. The van der Waals surface area contributed by atoms with Crippen molar-refractivity contribution in [1.82, 2.24) is 0 Å². The highest BCUT2D eigenvalue weighted by atomic mass is 32.2. The van der Waals surface area contributed by atoms with Crippen molar-refractivity contribution in [2.75, 3.05) is 13.2 Å². The number of hydrogen-bond donors (Lipinski definition) is 0. The topological polar surface area (TPSA) is 52.6 Å². The average molecular weight is 511 g/mol. The Bertz CT molecular complexity index is 1110. The van der Waals surface area contributed by atoms with Crippen LogP contribution in [0.25, 0.3) is 11.1 Å². The summed E-state index contributed by atoms with van der Waals surface area (Å²) in [5, 5.41) is 0. The number of alkyl halides is 3. The number of hydrogen-bond acceptors (Lipinski definition) is 4. The van der Waals surface area contributed by atoms with E-state index in [0.717, 1.165) is 16.7 Å². The Labute approximate surface area is 205 Å². The smallest absolute Gasteiger partial charge is 0.389 e. The second-order valence-corrected chi connectivity index (χ2v) is 12.6. The summed E-state index contributed by atoms with van der Waals surface area (Å²) in [6.45, 7) is 5.94. The summed E-state index contributed by atoms with van der Waals surface area (Å²) in [4.78, 5) is 13.7. The molecule has 0 aromatic heterocycles. The van der Waals surface area contributed by atoms with E-state index in [1.165, 1.54) is 0 Å². The molecule has 0 N–H and O–H groups in total. The Morgan fingerprint density at radius 1 is 1.00 bits per heavy atom. The van der Waals surface area contributed by atoms with Crippen molar-refractivity contribution in [3.05, 3.63) is 54.1 Å². The SMILES string of the molecule is C=S(=O)(c1ccc(-c2ccc(CCCC(F)(F)F)cc2)cc1)C1(C(=O)OC(C)(C)C)CCOCC1. The van der Waals surface area contributed by atoms with Crippen LogP contribution >= 0.6 is 0 Å². The van der Waals surface area contributed by atoms with Crippen LogP contribution in [-0.4, -0.2) is 45.8 Å². The van der Waals surface area contributed by atoms with E-state index in [9.17, 15) is 22.2 Å². The molecule has 0 aliphatic carbocycles. The molecule has 0 spiro atoms. The zero-order valence-corrected chi connectivity index (χ0v) is 21.3. The third kappa shape index (κ3) is 6.67. The van der Waals surface area contributed by atoms with Crippen LogP contribution < -0.4 is 0 Å². The third-order valence-electron chi connectivity index (χ3n) is 6.15. The van der Waals surface area contributed by atoms with E-state index in [2.05, 4.69) is 5.87 Å². The van der Waals surface area contributed by atoms with E-state index >= 15 is 0 Å². The molecule has 1 atom stereocenters. The lowest BCUT2D eigenvalue weighted by Crippen LogP contribution is -2.52. The maximum absolute atomic E-state index is 14.1. The Morgan fingerprint density at radius 3 is 2.00 bits per heavy atom. The highest BCUT2D eigenvalue weighted by Crippen LogP contribution is 2.38. The number of carbonyl (C=O) groups excluding carboxylic acids is 1. The number of ether oxygens (including phenoxy) is 2. The minimum Gasteiger partial charge on any atom is -0.459 e. The molecule has 1 heterocycles. The summed E-state index contributed by atoms with van der Waals surface area (Å²) in [6, 6.07) is 14.5. The third-order valence-corrected chi connectivity index (χ3v) is 9.02. The summed E-state index contributed by atoms with van der Waals surface area (Å²) in [7, 11) is -3.07. The number of esters is 1. The van der Waals surface area contributed by atoms with E-state index < -0.39 is 38.4 Å². The Balaban J connectivity index is 1.80. The van der Waals surface area contributed by atoms with Crippen molar-refractivity contribution < 1.29 is 31.6 Å². The van der Waals surface area contributed by atoms with Crippen LogP contribution in [0, 0.1) is 0 Å². The summed E-state index contributed by atoms with van der Waals surface area (Å²) in [5.41, 5.74) is 1.87. The monoisotopic (exact) mass is 510 g/mol. The quantitative estimate of drug-likeness (QED) is 0.329. The van der Waals surface area contributed by atoms with E-state index in [4.69, 9.17) is 9.47 Å². The van der Waals surface area contributed by atoms with Crippen molar-refractivity contribution in [3.63, 3.8) is 0 Å². The highest BCUT2D eigenvalue weighted by Gasteiger charge is 2.50. The summed E-state index contributed by atoms with van der Waals surface area (Å²) < 4.78 is 61.0. The molecule has 1 saturated heterocycles. The van der Waals surface area contributed by atoms with Gasteiger partial charge in [-0.05, 0) is 81.1 Å². The average Bonchev–Trinajstić information content (AvgIpc) is 2.78. The van der Waals surface area contributed by atoms with Gasteiger partial charge in [-0.3, -0.25) is 9.00 Å². The van der Waals surface area contributed by atoms with E-state index in [-0.39, 0.29) is 19.3 Å². The number of benzene rings is 2. The molecule has 3 rings (SSSR count). The van der Waals surface area contributed by atoms with Gasteiger partial charge in [0, 0.05) is 34.1 Å². The normalized spacial score (nSPS) is 18.0. The minimum atomic E-state index is -4.14. The molecule has 1 fully saturated rings. The van der Waals surface area contributed by atoms with Crippen molar-refractivity contribution in [2.24, 2.45) is 0 Å². The molecule has 1 aliphatic rings. The van der Waals surface area contributed by atoms with Crippen LogP contribution in [0.15, 0.2) is 53.4 Å². The fraction of sp³-hybridized carbons (Fsp3) is 0.481. The molecule has 2 aromatic rings. The Hall–Kier alpha value is -2.32. The van der Waals surface area contributed by atoms with Crippen molar-refractivity contribution in [3.8, 4) is 11.1 Å². The highest BCUT2D eigenvalue weighted by molar-refractivity contribution is 8.02. The molecule has 4 nitrogen and oxygen atoms in total. The molecule has 8 heteroatoms. The predicted molar refractivity (Wildman–Crippen MR) is 133 cm³/mol. The minimum absolute atomic E-state index is 0.0554. The van der Waals surface area contributed by atoms with Crippen LogP contribution in [0.5, 0.6) is 0 Å². The predicted octanol–water partition coefficient (Wildman–Crippen LogP) is 6.20. The Kier molecular flexibility index (Phi) is 8.06. The molecule has 35 heavy (non-hydrogen) atoms. The van der Waals surface area contributed by atoms with Gasteiger partial charge in [-0.1, -0.05) is 36.4 Å². The van der Waals surface area contributed by atoms with Crippen LogP contribution in [0.3, 0.4) is 0 Å². The van der Waals surface area contributed by atoms with Gasteiger partial charge in [0.2, 0.25) is 0 Å². The van der Waals surface area contributed by atoms with Gasteiger partial charge in [0.15, 0.2) is 0 Å². The Morgan fingerprint density at radius 2 is 1.51 bits per heavy atom. The first kappa shape index (κ1) is 27.3. The summed E-state index contributed by atoms with van der Waals surface area (Å²) >= 11 is 0. The van der Waals surface area contributed by atoms with Crippen LogP contribution in [-0.2, 0) is 30.2 Å². The lowest BCUT2D eigenvalue weighted by Gasteiger charge is -2.39. The fourth-order valence-electron chi connectivity index (χ4n) is 4.19. The molecule has 1 aliphatic heterocycles. The second-order valence-electron chi connectivity index (χ2n) is 9.97. The zero-order valence-electron chi connectivity index (χ0n) is 20.5. The van der Waals surface area contributed by atoms with Gasteiger partial charge >= 0.3 is 12.1 Å². The molecule has 0 amide bonds. The lowest BCUT2D eigenvalue weighted by molar-refractivity contribution is -0.160. The second kappa shape index (κ2) is 10.3. The molecular weight excluding hydrogens is 477 g/mol. The van der Waals surface area contributed by atoms with E-state index in [0.29, 0.717) is 24.5 Å². The van der Waals surface area contributed by atoms with Gasteiger partial charge in [0.25, 0.3) is 0 Å². The molecule has 2 aromatic carbocycles. The van der Waals surface area contributed by atoms with Crippen LogP contribution in [0.2, 0.25) is 0 Å². The van der Waals surface area contributed by atoms with Crippen molar-refractivity contribution in [1.29, 1.82) is 0 Å². The first-order valence-electron chi connectivity index (χ1n) is 11.7. The number of carbonyl (C=O) groups is 1. The van der Waals surface area contributed by atoms with Gasteiger partial charge in [0.05, 0.1) is 0 Å². The number of aryl methyl sites for hydroxylation is 1. The van der Waals surface area contributed by atoms with Gasteiger partial charge in [-0.25, -0.2) is 0 Å². The maximum Gasteiger partial charge on any atom is 0.389 e. The maximum atomic E-state index is 14.1. The van der Waals surface area contributed by atoms with Crippen molar-refractivity contribution in [2.45, 2.75) is 74.3 Å². The van der Waals surface area contributed by atoms with Gasteiger partial charge in [-0.2, -0.15) is 13.2 Å². The molecule has 0 saturated carbocycles. The van der Waals surface area contributed by atoms with Gasteiger partial charge in [-0.15, -0.1) is 0 Å². The first-order chi connectivity index (χ1) is 16.2. The van der Waals surface area contributed by atoms with Crippen molar-refractivity contribution >= 4 is 21.4 Å². The molecule has 192 valence electrons. The van der Waals surface area contributed by atoms with Gasteiger partial charge in [0.1, 0.15) is 10.3 Å².